The minimum absolute atomic E-state index is 0.0390. The predicted octanol–water partition coefficient (Wildman–Crippen LogP) is -2.34. The Kier molecular flexibility index (Phi) is 16.1. The maximum atomic E-state index is 13.2. The second-order valence-corrected chi connectivity index (χ2v) is 9.82. The number of hydrogen-bond donors (Lipinski definition) is 9. The molecule has 0 bridgehead atoms. The fraction of sp³-hybridized carbons (Fsp3) is 0.739. The van der Waals surface area contributed by atoms with Crippen molar-refractivity contribution in [1.29, 1.82) is 0 Å². The van der Waals surface area contributed by atoms with Gasteiger partial charge in [-0.05, 0) is 43.9 Å². The summed E-state index contributed by atoms with van der Waals surface area (Å²) in [6.07, 6.45) is 1.09. The van der Waals surface area contributed by atoms with E-state index in [1.165, 1.54) is 0 Å². The van der Waals surface area contributed by atoms with E-state index >= 15 is 0 Å². The molecule has 0 aromatic rings. The fourth-order valence-electron chi connectivity index (χ4n) is 3.35. The van der Waals surface area contributed by atoms with Gasteiger partial charge in [0.1, 0.15) is 18.1 Å². The molecule has 4 unspecified atom stereocenters. The van der Waals surface area contributed by atoms with Crippen molar-refractivity contribution in [2.75, 3.05) is 13.1 Å². The van der Waals surface area contributed by atoms with Crippen LogP contribution in [0.25, 0.3) is 0 Å². The van der Waals surface area contributed by atoms with Crippen molar-refractivity contribution in [3.05, 3.63) is 0 Å². The molecular formula is C23H46N10O5. The minimum Gasteiger partial charge on any atom is -0.480 e. The number of carboxylic acid groups (broad SMARTS) is 1. The molecule has 3 amide bonds. The maximum Gasteiger partial charge on any atom is 0.326 e. The molecule has 0 aliphatic heterocycles. The van der Waals surface area contributed by atoms with Gasteiger partial charge in [0.25, 0.3) is 0 Å². The number of guanidine groups is 2. The summed E-state index contributed by atoms with van der Waals surface area (Å²) < 4.78 is 0. The monoisotopic (exact) mass is 542 g/mol. The minimum atomic E-state index is -1.25. The van der Waals surface area contributed by atoms with Crippen LogP contribution in [0.2, 0.25) is 0 Å². The molecular weight excluding hydrogens is 496 g/mol. The molecule has 15 heteroatoms. The van der Waals surface area contributed by atoms with Crippen LogP contribution in [0, 0.1) is 11.8 Å². The summed E-state index contributed by atoms with van der Waals surface area (Å²) in [4.78, 5) is 58.2. The lowest BCUT2D eigenvalue weighted by Gasteiger charge is -2.26. The molecule has 0 aliphatic carbocycles. The lowest BCUT2D eigenvalue weighted by atomic mass is 10.00. The van der Waals surface area contributed by atoms with Crippen LogP contribution in [0.5, 0.6) is 0 Å². The Bertz CT molecular complexity index is 838. The Morgan fingerprint density at radius 3 is 1.55 bits per heavy atom. The van der Waals surface area contributed by atoms with Crippen molar-refractivity contribution in [1.82, 2.24) is 16.0 Å². The van der Waals surface area contributed by atoms with Crippen molar-refractivity contribution < 1.29 is 24.3 Å². The second-order valence-electron chi connectivity index (χ2n) is 9.82. The summed E-state index contributed by atoms with van der Waals surface area (Å²) in [6.45, 7) is 7.72. The van der Waals surface area contributed by atoms with Crippen molar-refractivity contribution in [2.24, 2.45) is 50.5 Å². The third-order valence-corrected chi connectivity index (χ3v) is 5.50. The number of hydrogen-bond acceptors (Lipinski definition) is 7. The molecule has 38 heavy (non-hydrogen) atoms. The molecule has 0 saturated carbocycles. The SMILES string of the molecule is CC(C)CC(NC(=O)C(N)C(C)C)C(=O)NC(CCCN=C(N)N)C(=O)NC(CCCN=C(N)N)C(=O)O. The molecule has 0 rings (SSSR count). The van der Waals surface area contributed by atoms with Crippen molar-refractivity contribution in [3.8, 4) is 0 Å². The summed E-state index contributed by atoms with van der Waals surface area (Å²) >= 11 is 0. The van der Waals surface area contributed by atoms with Crippen LogP contribution in [0.4, 0.5) is 0 Å². The number of carbonyl (C=O) groups excluding carboxylic acids is 3. The maximum absolute atomic E-state index is 13.2. The van der Waals surface area contributed by atoms with E-state index in [4.69, 9.17) is 28.7 Å². The highest BCUT2D eigenvalue weighted by atomic mass is 16.4. The van der Waals surface area contributed by atoms with Gasteiger partial charge >= 0.3 is 5.97 Å². The zero-order valence-electron chi connectivity index (χ0n) is 22.8. The van der Waals surface area contributed by atoms with E-state index in [0.717, 1.165) is 0 Å². The number of amides is 3. The zero-order chi connectivity index (χ0) is 29.4. The summed E-state index contributed by atoms with van der Waals surface area (Å²) in [6, 6.07) is -4.10. The van der Waals surface area contributed by atoms with Crippen LogP contribution < -0.4 is 44.6 Å². The van der Waals surface area contributed by atoms with Crippen LogP contribution in [-0.4, -0.2) is 78.0 Å². The largest absolute Gasteiger partial charge is 0.480 e. The molecule has 0 radical (unpaired) electrons. The number of nitrogens with two attached hydrogens (primary N) is 5. The van der Waals surface area contributed by atoms with E-state index in [2.05, 4.69) is 25.9 Å². The molecule has 218 valence electrons. The van der Waals surface area contributed by atoms with Gasteiger partial charge in [0, 0.05) is 13.1 Å². The average molecular weight is 543 g/mol. The van der Waals surface area contributed by atoms with Gasteiger partial charge in [-0.15, -0.1) is 0 Å². The molecule has 0 spiro atoms. The zero-order valence-corrected chi connectivity index (χ0v) is 22.8. The molecule has 0 heterocycles. The van der Waals surface area contributed by atoms with Gasteiger partial charge in [0.2, 0.25) is 17.7 Å². The summed E-state index contributed by atoms with van der Waals surface area (Å²) in [7, 11) is 0. The van der Waals surface area contributed by atoms with Gasteiger partial charge in [-0.1, -0.05) is 27.7 Å². The number of carbonyl (C=O) groups is 4. The van der Waals surface area contributed by atoms with Crippen molar-refractivity contribution >= 4 is 35.6 Å². The highest BCUT2D eigenvalue weighted by Gasteiger charge is 2.30. The van der Waals surface area contributed by atoms with E-state index in [1.807, 2.05) is 13.8 Å². The van der Waals surface area contributed by atoms with Crippen molar-refractivity contribution in [2.45, 2.75) is 84.0 Å². The molecule has 0 fully saturated rings. The first-order valence-corrected chi connectivity index (χ1v) is 12.7. The van der Waals surface area contributed by atoms with E-state index in [9.17, 15) is 24.3 Å². The smallest absolute Gasteiger partial charge is 0.326 e. The molecule has 4 atom stereocenters. The molecule has 14 N–H and O–H groups in total. The molecule has 0 saturated heterocycles. The highest BCUT2D eigenvalue weighted by molar-refractivity contribution is 5.94. The number of carboxylic acids is 1. The number of rotatable bonds is 18. The summed E-state index contributed by atoms with van der Waals surface area (Å²) in [5, 5.41) is 17.3. The fourth-order valence-corrected chi connectivity index (χ4v) is 3.35. The first-order chi connectivity index (χ1) is 17.6. The topological polar surface area (TPSA) is 279 Å². The van der Waals surface area contributed by atoms with Crippen LogP contribution in [-0.2, 0) is 19.2 Å². The van der Waals surface area contributed by atoms with Crippen LogP contribution in [0.3, 0.4) is 0 Å². The third kappa shape index (κ3) is 14.8. The summed E-state index contributed by atoms with van der Waals surface area (Å²) in [5.41, 5.74) is 27.2. The lowest BCUT2D eigenvalue weighted by Crippen LogP contribution is -2.57. The number of nitrogens with one attached hydrogen (secondary N) is 3. The first-order valence-electron chi connectivity index (χ1n) is 12.7. The Balaban J connectivity index is 5.64. The van der Waals surface area contributed by atoms with Gasteiger partial charge in [0.15, 0.2) is 11.9 Å². The molecule has 15 nitrogen and oxygen atoms in total. The van der Waals surface area contributed by atoms with Crippen LogP contribution in [0.1, 0.15) is 59.8 Å². The third-order valence-electron chi connectivity index (χ3n) is 5.50. The normalized spacial score (nSPS) is 14.1. The van der Waals surface area contributed by atoms with Gasteiger partial charge < -0.3 is 49.7 Å². The number of aliphatic imine (C=N–C) groups is 2. The van der Waals surface area contributed by atoms with E-state index < -0.39 is 47.9 Å². The highest BCUT2D eigenvalue weighted by Crippen LogP contribution is 2.09. The van der Waals surface area contributed by atoms with E-state index in [-0.39, 0.29) is 49.7 Å². The first kappa shape index (κ1) is 34.4. The van der Waals surface area contributed by atoms with Crippen LogP contribution >= 0.6 is 0 Å². The predicted molar refractivity (Wildman–Crippen MR) is 146 cm³/mol. The Labute approximate surface area is 223 Å². The van der Waals surface area contributed by atoms with E-state index in [1.54, 1.807) is 13.8 Å². The molecule has 0 aromatic heterocycles. The van der Waals surface area contributed by atoms with Gasteiger partial charge in [0.05, 0.1) is 6.04 Å². The number of aliphatic carboxylic acids is 1. The van der Waals surface area contributed by atoms with E-state index in [0.29, 0.717) is 19.3 Å². The Morgan fingerprint density at radius 2 is 1.13 bits per heavy atom. The Morgan fingerprint density at radius 1 is 0.711 bits per heavy atom. The quantitative estimate of drug-likeness (QED) is 0.0505. The average Bonchev–Trinajstić information content (AvgIpc) is 2.80. The molecule has 0 aromatic carbocycles. The van der Waals surface area contributed by atoms with Crippen molar-refractivity contribution in [3.63, 3.8) is 0 Å². The van der Waals surface area contributed by atoms with Gasteiger partial charge in [-0.2, -0.15) is 0 Å². The second kappa shape index (κ2) is 17.8. The van der Waals surface area contributed by atoms with Gasteiger partial charge in [-0.25, -0.2) is 4.79 Å². The summed E-state index contributed by atoms with van der Waals surface area (Å²) in [5.74, 6) is -3.38. The standard InChI is InChI=1S/C23H46N10O5/c1-12(2)11-16(33-20(36)17(24)13(3)4)19(35)31-14(7-5-9-29-22(25)26)18(34)32-15(21(37)38)8-6-10-30-23(27)28/h12-17H,5-11,24H2,1-4H3,(H,31,35)(H,32,34)(H,33,36)(H,37,38)(H4,25,26,29)(H4,27,28,30). The van der Waals surface area contributed by atoms with Crippen LogP contribution in [0.15, 0.2) is 9.98 Å². The van der Waals surface area contributed by atoms with Gasteiger partial charge in [-0.3, -0.25) is 24.4 Å². The molecule has 0 aliphatic rings. The Hall–Kier alpha value is -3.62. The lowest BCUT2D eigenvalue weighted by molar-refractivity contribution is -0.142. The number of nitrogens with zero attached hydrogens (tertiary/aromatic N) is 2.